The maximum absolute atomic E-state index is 11.7. The van der Waals surface area contributed by atoms with Crippen molar-refractivity contribution in [1.82, 2.24) is 20.4 Å². The van der Waals surface area contributed by atoms with Crippen molar-refractivity contribution in [2.24, 2.45) is 4.99 Å². The predicted octanol–water partition coefficient (Wildman–Crippen LogP) is -0.359. The van der Waals surface area contributed by atoms with Gasteiger partial charge in [-0.2, -0.15) is 0 Å². The van der Waals surface area contributed by atoms with Crippen molar-refractivity contribution in [3.63, 3.8) is 0 Å². The van der Waals surface area contributed by atoms with Crippen LogP contribution < -0.4 is 10.6 Å². The molecule has 7 heteroatoms. The molecule has 2 amide bonds. The second-order valence-corrected chi connectivity index (χ2v) is 5.31. The summed E-state index contributed by atoms with van der Waals surface area (Å²) in [5, 5.41) is 6.42. The normalized spacial score (nSPS) is 18.6. The average molecular weight is 297 g/mol. The average Bonchev–Trinajstić information content (AvgIpc) is 2.92. The zero-order valence-electron chi connectivity index (χ0n) is 13.5. The molecule has 0 aromatic heterocycles. The minimum Gasteiger partial charge on any atom is -0.357 e. The highest BCUT2D eigenvalue weighted by Crippen LogP contribution is 2.10. The van der Waals surface area contributed by atoms with E-state index < -0.39 is 0 Å². The molecule has 1 heterocycles. The fraction of sp³-hybridized carbons (Fsp3) is 0.786. The summed E-state index contributed by atoms with van der Waals surface area (Å²) >= 11 is 0. The van der Waals surface area contributed by atoms with Crippen molar-refractivity contribution in [2.75, 3.05) is 40.3 Å². The van der Waals surface area contributed by atoms with Crippen molar-refractivity contribution in [3.05, 3.63) is 0 Å². The number of likely N-dealkylation sites (tertiary alicyclic amines) is 1. The quantitative estimate of drug-likeness (QED) is 0.537. The van der Waals surface area contributed by atoms with Crippen LogP contribution in [-0.2, 0) is 9.59 Å². The Labute approximate surface area is 126 Å². The first-order valence-corrected chi connectivity index (χ1v) is 7.50. The summed E-state index contributed by atoms with van der Waals surface area (Å²) < 4.78 is 0. The zero-order valence-corrected chi connectivity index (χ0v) is 13.5. The lowest BCUT2D eigenvalue weighted by atomic mass is 10.3. The van der Waals surface area contributed by atoms with Crippen molar-refractivity contribution in [2.45, 2.75) is 32.7 Å². The largest absolute Gasteiger partial charge is 0.357 e. The summed E-state index contributed by atoms with van der Waals surface area (Å²) in [6.07, 6.45) is 1.44. The summed E-state index contributed by atoms with van der Waals surface area (Å²) in [6.45, 7) is 6.17. The maximum atomic E-state index is 11.7. The Morgan fingerprint density at radius 2 is 2.05 bits per heavy atom. The SMILES string of the molecule is CCNC(=NCC(=O)N(C)C)NC1CCN(C(=O)CC)C1. The Bertz CT molecular complexity index is 395. The third kappa shape index (κ3) is 5.61. The van der Waals surface area contributed by atoms with Crippen LogP contribution in [0.2, 0.25) is 0 Å². The number of amides is 2. The molecule has 21 heavy (non-hydrogen) atoms. The number of carbonyl (C=O) groups excluding carboxylic acids is 2. The molecule has 0 aromatic rings. The molecular formula is C14H27N5O2. The minimum absolute atomic E-state index is 0.0404. The van der Waals surface area contributed by atoms with Crippen molar-refractivity contribution in [1.29, 1.82) is 0 Å². The minimum atomic E-state index is -0.0404. The summed E-state index contributed by atoms with van der Waals surface area (Å²) in [7, 11) is 3.42. The molecule has 1 aliphatic heterocycles. The van der Waals surface area contributed by atoms with Gasteiger partial charge >= 0.3 is 0 Å². The molecule has 0 radical (unpaired) electrons. The van der Waals surface area contributed by atoms with E-state index in [-0.39, 0.29) is 24.4 Å². The fourth-order valence-electron chi connectivity index (χ4n) is 2.13. The highest BCUT2D eigenvalue weighted by molar-refractivity contribution is 5.85. The van der Waals surface area contributed by atoms with Crippen LogP contribution in [0.4, 0.5) is 0 Å². The van der Waals surface area contributed by atoms with E-state index in [0.717, 1.165) is 19.5 Å². The Hall–Kier alpha value is -1.79. The van der Waals surface area contributed by atoms with Gasteiger partial charge in [-0.3, -0.25) is 9.59 Å². The van der Waals surface area contributed by atoms with Crippen molar-refractivity contribution in [3.8, 4) is 0 Å². The topological polar surface area (TPSA) is 77.0 Å². The predicted molar refractivity (Wildman–Crippen MR) is 83.1 cm³/mol. The van der Waals surface area contributed by atoms with Crippen LogP contribution in [0.1, 0.15) is 26.7 Å². The third-order valence-electron chi connectivity index (χ3n) is 3.40. The second kappa shape index (κ2) is 8.49. The first-order valence-electron chi connectivity index (χ1n) is 7.50. The van der Waals surface area contributed by atoms with E-state index in [1.54, 1.807) is 14.1 Å². The van der Waals surface area contributed by atoms with Crippen molar-refractivity contribution < 1.29 is 9.59 Å². The highest BCUT2D eigenvalue weighted by Gasteiger charge is 2.25. The molecule has 1 fully saturated rings. The van der Waals surface area contributed by atoms with Gasteiger partial charge in [-0.1, -0.05) is 6.92 Å². The van der Waals surface area contributed by atoms with E-state index in [0.29, 0.717) is 18.9 Å². The van der Waals surface area contributed by atoms with Crippen LogP contribution in [0.15, 0.2) is 4.99 Å². The van der Waals surface area contributed by atoms with E-state index in [9.17, 15) is 9.59 Å². The molecule has 0 aromatic carbocycles. The van der Waals surface area contributed by atoms with E-state index in [4.69, 9.17) is 0 Å². The monoisotopic (exact) mass is 297 g/mol. The molecule has 120 valence electrons. The number of guanidine groups is 1. The van der Waals surface area contributed by atoms with E-state index >= 15 is 0 Å². The fourth-order valence-corrected chi connectivity index (χ4v) is 2.13. The number of hydrogen-bond donors (Lipinski definition) is 2. The molecule has 7 nitrogen and oxygen atoms in total. The molecule has 0 aliphatic carbocycles. The van der Waals surface area contributed by atoms with Gasteiger partial charge in [-0.25, -0.2) is 4.99 Å². The first kappa shape index (κ1) is 17.3. The summed E-state index contributed by atoms with van der Waals surface area (Å²) in [5.41, 5.74) is 0. The molecule has 0 bridgehead atoms. The van der Waals surface area contributed by atoms with Crippen molar-refractivity contribution >= 4 is 17.8 Å². The second-order valence-electron chi connectivity index (χ2n) is 5.31. The number of aliphatic imine (C=N–C) groups is 1. The summed E-state index contributed by atoms with van der Waals surface area (Å²) in [6, 6.07) is 0.188. The number of nitrogens with zero attached hydrogens (tertiary/aromatic N) is 3. The van der Waals surface area contributed by atoms with Crippen LogP contribution in [0.5, 0.6) is 0 Å². The lowest BCUT2D eigenvalue weighted by Gasteiger charge is -2.18. The Kier molecular flexibility index (Phi) is 6.98. The zero-order chi connectivity index (χ0) is 15.8. The lowest BCUT2D eigenvalue weighted by Crippen LogP contribution is -2.45. The Balaban J connectivity index is 2.53. The van der Waals surface area contributed by atoms with Gasteiger partial charge in [0, 0.05) is 46.2 Å². The van der Waals surface area contributed by atoms with Crippen LogP contribution in [0.25, 0.3) is 0 Å². The number of carbonyl (C=O) groups is 2. The van der Waals surface area contributed by atoms with Crippen LogP contribution >= 0.6 is 0 Å². The molecule has 1 aliphatic rings. The molecule has 1 saturated heterocycles. The maximum Gasteiger partial charge on any atom is 0.243 e. The Morgan fingerprint density at radius 1 is 1.33 bits per heavy atom. The smallest absolute Gasteiger partial charge is 0.243 e. The first-order chi connectivity index (χ1) is 9.97. The molecular weight excluding hydrogens is 270 g/mol. The number of nitrogens with one attached hydrogen (secondary N) is 2. The van der Waals surface area contributed by atoms with Gasteiger partial charge in [0.2, 0.25) is 11.8 Å². The van der Waals surface area contributed by atoms with E-state index in [1.165, 1.54) is 4.90 Å². The molecule has 0 spiro atoms. The molecule has 1 rings (SSSR count). The summed E-state index contributed by atoms with van der Waals surface area (Å²) in [5.74, 6) is 0.772. The van der Waals surface area contributed by atoms with Gasteiger partial charge in [-0.05, 0) is 13.3 Å². The lowest BCUT2D eigenvalue weighted by molar-refractivity contribution is -0.130. The standard InChI is InChI=1S/C14H27N5O2/c1-5-12(20)19-8-7-11(10-19)17-14(15-6-2)16-9-13(21)18(3)4/h11H,5-10H2,1-4H3,(H2,15,16,17). The highest BCUT2D eigenvalue weighted by atomic mass is 16.2. The number of rotatable bonds is 5. The van der Waals surface area contributed by atoms with E-state index in [1.807, 2.05) is 18.7 Å². The van der Waals surface area contributed by atoms with Crippen LogP contribution in [0.3, 0.4) is 0 Å². The van der Waals surface area contributed by atoms with Gasteiger partial charge in [0.05, 0.1) is 0 Å². The van der Waals surface area contributed by atoms with Gasteiger partial charge in [0.1, 0.15) is 6.54 Å². The summed E-state index contributed by atoms with van der Waals surface area (Å²) in [4.78, 5) is 30.9. The molecule has 1 atom stereocenters. The van der Waals surface area contributed by atoms with Crippen LogP contribution in [-0.4, -0.2) is 73.9 Å². The van der Waals surface area contributed by atoms with Gasteiger partial charge in [-0.15, -0.1) is 0 Å². The molecule has 2 N–H and O–H groups in total. The van der Waals surface area contributed by atoms with Gasteiger partial charge in [0.15, 0.2) is 5.96 Å². The number of likely N-dealkylation sites (N-methyl/N-ethyl adjacent to an activating group) is 1. The van der Waals surface area contributed by atoms with Crippen LogP contribution in [0, 0.1) is 0 Å². The number of hydrogen-bond acceptors (Lipinski definition) is 3. The molecule has 1 unspecified atom stereocenters. The molecule has 0 saturated carbocycles. The Morgan fingerprint density at radius 3 is 2.62 bits per heavy atom. The van der Waals surface area contributed by atoms with Gasteiger partial charge < -0.3 is 20.4 Å². The van der Waals surface area contributed by atoms with Gasteiger partial charge in [0.25, 0.3) is 0 Å². The van der Waals surface area contributed by atoms with E-state index in [2.05, 4.69) is 15.6 Å². The third-order valence-corrected chi connectivity index (χ3v) is 3.40.